The van der Waals surface area contributed by atoms with Gasteiger partial charge in [-0.1, -0.05) is 0 Å². The van der Waals surface area contributed by atoms with Gasteiger partial charge in [0.15, 0.2) is 0 Å². The molecule has 0 aliphatic rings. The predicted molar refractivity (Wildman–Crippen MR) is 49.5 cm³/mol. The average molecular weight is 263 g/mol. The molecule has 0 aliphatic carbocycles. The third-order valence-electron chi connectivity index (χ3n) is 1.28. The van der Waals surface area contributed by atoms with E-state index in [1.165, 1.54) is 0 Å². The summed E-state index contributed by atoms with van der Waals surface area (Å²) in [4.78, 5) is 15.4. The summed E-state index contributed by atoms with van der Waals surface area (Å²) < 4.78 is 6.05. The SMILES string of the molecule is C=C(C)C(=O)OC[CH2][SnH]([CH3])[CH3]. The molecule has 0 N–H and O–H groups in total. The summed E-state index contributed by atoms with van der Waals surface area (Å²) in [7, 11) is 0. The van der Waals surface area contributed by atoms with Crippen molar-refractivity contribution in [2.75, 3.05) is 6.61 Å². The van der Waals surface area contributed by atoms with Crippen molar-refractivity contribution in [1.29, 1.82) is 0 Å². The number of rotatable bonds is 4. The van der Waals surface area contributed by atoms with Gasteiger partial charge in [0.05, 0.1) is 0 Å². The molecule has 0 atom stereocenters. The van der Waals surface area contributed by atoms with Gasteiger partial charge in [-0.2, -0.15) is 0 Å². The van der Waals surface area contributed by atoms with Gasteiger partial charge in [0, 0.05) is 0 Å². The molecule has 64 valence electrons. The normalized spacial score (nSPS) is 9.82. The summed E-state index contributed by atoms with van der Waals surface area (Å²) in [5.74, 6) is -0.253. The maximum absolute atomic E-state index is 10.8. The van der Waals surface area contributed by atoms with Crippen LogP contribution in [0.25, 0.3) is 0 Å². The van der Waals surface area contributed by atoms with Gasteiger partial charge in [-0.25, -0.2) is 0 Å². The van der Waals surface area contributed by atoms with E-state index in [0.717, 1.165) is 4.44 Å². The van der Waals surface area contributed by atoms with Crippen molar-refractivity contribution < 1.29 is 9.53 Å². The Balaban J connectivity index is 3.40. The first kappa shape index (κ1) is 11.0. The minimum absolute atomic E-state index is 0.253. The zero-order chi connectivity index (χ0) is 8.85. The van der Waals surface area contributed by atoms with Gasteiger partial charge in [-0.15, -0.1) is 0 Å². The second kappa shape index (κ2) is 5.63. The summed E-state index contributed by atoms with van der Waals surface area (Å²) in [6.07, 6.45) is 0. The van der Waals surface area contributed by atoms with Crippen molar-refractivity contribution in [1.82, 2.24) is 0 Å². The summed E-state index contributed by atoms with van der Waals surface area (Å²) in [5, 5.41) is 0. The first-order chi connectivity index (χ1) is 5.04. The van der Waals surface area contributed by atoms with Crippen LogP contribution >= 0.6 is 0 Å². The molecule has 0 saturated heterocycles. The minimum atomic E-state index is -1.15. The van der Waals surface area contributed by atoms with Crippen LogP contribution in [-0.4, -0.2) is 32.3 Å². The van der Waals surface area contributed by atoms with E-state index in [4.69, 9.17) is 4.74 Å². The molecular formula is C8H16O2Sn. The van der Waals surface area contributed by atoms with Crippen LogP contribution in [-0.2, 0) is 9.53 Å². The Morgan fingerprint density at radius 1 is 1.55 bits per heavy atom. The topological polar surface area (TPSA) is 26.3 Å². The van der Waals surface area contributed by atoms with E-state index in [2.05, 4.69) is 16.5 Å². The Labute approximate surface area is 75.4 Å². The van der Waals surface area contributed by atoms with E-state index >= 15 is 0 Å². The average Bonchev–Trinajstić information content (AvgIpc) is 1.86. The Kier molecular flexibility index (Phi) is 5.64. The molecule has 0 rings (SSSR count). The zero-order valence-electron chi connectivity index (χ0n) is 7.52. The third-order valence-corrected chi connectivity index (χ3v) is 5.25. The second-order valence-electron chi connectivity index (χ2n) is 3.10. The molecule has 0 aromatic heterocycles. The van der Waals surface area contributed by atoms with Crippen LogP contribution in [0.3, 0.4) is 0 Å². The number of esters is 1. The standard InChI is InChI=1S/C6H9O2.2CH3.Sn.H/c1-4-8-6(7)5(2)3;;;;/h1-2,4H2,3H3;2*1H3;;. The van der Waals surface area contributed by atoms with Gasteiger partial charge in [0.25, 0.3) is 0 Å². The summed E-state index contributed by atoms with van der Waals surface area (Å²) in [5.41, 5.74) is 0.490. The number of ether oxygens (including phenoxy) is 1. The third kappa shape index (κ3) is 6.41. The van der Waals surface area contributed by atoms with E-state index in [1.54, 1.807) is 6.92 Å². The number of hydrogen-bond acceptors (Lipinski definition) is 2. The van der Waals surface area contributed by atoms with E-state index in [-0.39, 0.29) is 5.97 Å². The Morgan fingerprint density at radius 2 is 2.09 bits per heavy atom. The molecule has 3 heteroatoms. The number of carbonyl (C=O) groups excluding carboxylic acids is 1. The molecule has 0 radical (unpaired) electrons. The van der Waals surface area contributed by atoms with E-state index < -0.39 is 19.8 Å². The summed E-state index contributed by atoms with van der Waals surface area (Å²) in [6.45, 7) is 5.76. The van der Waals surface area contributed by atoms with Crippen molar-refractivity contribution in [3.63, 3.8) is 0 Å². The van der Waals surface area contributed by atoms with E-state index in [1.807, 2.05) is 0 Å². The first-order valence-corrected chi connectivity index (χ1v) is 12.8. The molecule has 0 unspecified atom stereocenters. The maximum atomic E-state index is 10.8. The zero-order valence-corrected chi connectivity index (χ0v) is 10.8. The number of carbonyl (C=O) groups is 1. The second-order valence-corrected chi connectivity index (χ2v) is 12.7. The Hall–Kier alpha value is 0.00870. The molecule has 0 aromatic rings. The van der Waals surface area contributed by atoms with E-state index in [9.17, 15) is 4.79 Å². The van der Waals surface area contributed by atoms with Crippen molar-refractivity contribution in [2.24, 2.45) is 0 Å². The van der Waals surface area contributed by atoms with Crippen LogP contribution in [0.4, 0.5) is 0 Å². The molecule has 2 nitrogen and oxygen atoms in total. The van der Waals surface area contributed by atoms with Crippen LogP contribution in [0.15, 0.2) is 12.2 Å². The van der Waals surface area contributed by atoms with Crippen LogP contribution < -0.4 is 0 Å². The Bertz CT molecular complexity index is 152. The predicted octanol–water partition coefficient (Wildman–Crippen LogP) is 1.59. The summed E-state index contributed by atoms with van der Waals surface area (Å²) >= 11 is -1.15. The van der Waals surface area contributed by atoms with Crippen molar-refractivity contribution in [2.45, 2.75) is 21.2 Å². The fourth-order valence-corrected chi connectivity index (χ4v) is 2.19. The van der Waals surface area contributed by atoms with Gasteiger partial charge in [-0.05, 0) is 0 Å². The molecule has 0 bridgehead atoms. The molecule has 0 saturated carbocycles. The molecule has 0 amide bonds. The Morgan fingerprint density at radius 3 is 2.45 bits per heavy atom. The van der Waals surface area contributed by atoms with Crippen molar-refractivity contribution in [3.05, 3.63) is 12.2 Å². The molecule has 0 heterocycles. The quantitative estimate of drug-likeness (QED) is 0.437. The molecule has 0 aliphatic heterocycles. The fraction of sp³-hybridized carbons (Fsp3) is 0.625. The fourth-order valence-electron chi connectivity index (χ4n) is 0.511. The molecular weight excluding hydrogens is 247 g/mol. The van der Waals surface area contributed by atoms with Crippen LogP contribution in [0.5, 0.6) is 0 Å². The van der Waals surface area contributed by atoms with Crippen molar-refractivity contribution >= 4 is 25.7 Å². The first-order valence-electron chi connectivity index (χ1n) is 3.86. The molecule has 0 fully saturated rings. The van der Waals surface area contributed by atoms with Crippen LogP contribution in [0.1, 0.15) is 6.92 Å². The van der Waals surface area contributed by atoms with Gasteiger partial charge in [0.2, 0.25) is 0 Å². The molecule has 0 aromatic carbocycles. The van der Waals surface area contributed by atoms with Crippen molar-refractivity contribution in [3.8, 4) is 0 Å². The number of hydrogen-bond donors (Lipinski definition) is 0. The van der Waals surface area contributed by atoms with Gasteiger partial charge in [-0.3, -0.25) is 0 Å². The van der Waals surface area contributed by atoms with Gasteiger partial charge >= 0.3 is 75.3 Å². The molecule has 0 spiro atoms. The van der Waals surface area contributed by atoms with Gasteiger partial charge in [0.1, 0.15) is 0 Å². The monoisotopic (exact) mass is 264 g/mol. The van der Waals surface area contributed by atoms with Crippen LogP contribution in [0.2, 0.25) is 14.3 Å². The summed E-state index contributed by atoms with van der Waals surface area (Å²) in [6, 6.07) is 0. The van der Waals surface area contributed by atoms with Crippen LogP contribution in [0, 0.1) is 0 Å². The molecule has 11 heavy (non-hydrogen) atoms. The van der Waals surface area contributed by atoms with Gasteiger partial charge < -0.3 is 0 Å². The van der Waals surface area contributed by atoms with E-state index in [0.29, 0.717) is 12.2 Å².